The van der Waals surface area contributed by atoms with E-state index in [2.05, 4.69) is 10.1 Å². The number of alkyl halides is 3. The highest BCUT2D eigenvalue weighted by atomic mass is 35.5. The van der Waals surface area contributed by atoms with Crippen molar-refractivity contribution >= 4 is 23.2 Å². The lowest BCUT2D eigenvalue weighted by Crippen LogP contribution is -2.15. The first-order valence-corrected chi connectivity index (χ1v) is 6.63. The molecule has 0 aliphatic rings. The normalized spacial score (nSPS) is 10.5. The number of nitrogens with one attached hydrogen (secondary N) is 1. The molecule has 0 aromatic heterocycles. The van der Waals surface area contributed by atoms with Gasteiger partial charge in [0.25, 0.3) is 5.91 Å². The van der Waals surface area contributed by atoms with Crippen LogP contribution in [-0.4, -0.2) is 12.5 Å². The molecule has 0 atom stereocenters. The van der Waals surface area contributed by atoms with Crippen LogP contribution in [0.3, 0.4) is 0 Å². The average molecular weight is 312 g/mol. The van der Waals surface area contributed by atoms with E-state index in [-0.39, 0.29) is 11.3 Å². The van der Waals surface area contributed by atoms with Crippen LogP contribution >= 0.6 is 11.6 Å². The number of benzene rings is 2. The van der Waals surface area contributed by atoms with Gasteiger partial charge in [-0.05, 0) is 29.8 Å². The predicted octanol–water partition coefficient (Wildman–Crippen LogP) is 4.28. The number of rotatable bonds is 5. The van der Waals surface area contributed by atoms with Crippen molar-refractivity contribution in [3.63, 3.8) is 0 Å². The fraction of sp³-hybridized carbons (Fsp3) is 0.133. The Hall–Kier alpha value is -2.14. The summed E-state index contributed by atoms with van der Waals surface area (Å²) in [6.07, 6.45) is 0. The second kappa shape index (κ2) is 7.04. The average Bonchev–Trinajstić information content (AvgIpc) is 2.47. The van der Waals surface area contributed by atoms with E-state index < -0.39 is 12.5 Å². The summed E-state index contributed by atoms with van der Waals surface area (Å²) in [5.41, 5.74) is 1.41. The van der Waals surface area contributed by atoms with Crippen LogP contribution in [0, 0.1) is 0 Å². The van der Waals surface area contributed by atoms with Gasteiger partial charge in [-0.2, -0.15) is 8.78 Å². The number of ether oxygens (including phenoxy) is 1. The first kappa shape index (κ1) is 15.3. The number of para-hydroxylation sites is 1. The molecule has 0 saturated carbocycles. The quantitative estimate of drug-likeness (QED) is 0.837. The lowest BCUT2D eigenvalue weighted by molar-refractivity contribution is -0.0501. The van der Waals surface area contributed by atoms with Gasteiger partial charge in [0.15, 0.2) is 0 Å². The topological polar surface area (TPSA) is 38.3 Å². The molecule has 0 radical (unpaired) electrons. The van der Waals surface area contributed by atoms with Crippen LogP contribution in [0.15, 0.2) is 48.5 Å². The van der Waals surface area contributed by atoms with Crippen LogP contribution < -0.4 is 10.1 Å². The molecular weight excluding hydrogens is 300 g/mol. The molecule has 3 nitrogen and oxygen atoms in total. The molecule has 0 unspecified atom stereocenters. The number of halogens is 3. The fourth-order valence-electron chi connectivity index (χ4n) is 1.78. The summed E-state index contributed by atoms with van der Waals surface area (Å²) < 4.78 is 29.0. The van der Waals surface area contributed by atoms with Crippen molar-refractivity contribution in [2.75, 3.05) is 5.32 Å². The zero-order valence-corrected chi connectivity index (χ0v) is 11.6. The van der Waals surface area contributed by atoms with Crippen molar-refractivity contribution in [2.45, 2.75) is 12.5 Å². The van der Waals surface area contributed by atoms with Crippen LogP contribution in [0.2, 0.25) is 0 Å². The molecule has 0 aliphatic carbocycles. The van der Waals surface area contributed by atoms with Crippen molar-refractivity contribution < 1.29 is 18.3 Å². The molecule has 2 rings (SSSR count). The number of anilines is 1. The van der Waals surface area contributed by atoms with E-state index in [1.54, 1.807) is 24.3 Å². The Morgan fingerprint density at radius 2 is 1.95 bits per heavy atom. The van der Waals surface area contributed by atoms with E-state index in [4.69, 9.17) is 11.6 Å². The molecule has 1 N–H and O–H groups in total. The third-order valence-electron chi connectivity index (χ3n) is 2.69. The Kier molecular flexibility index (Phi) is 5.11. The highest BCUT2D eigenvalue weighted by Gasteiger charge is 2.15. The van der Waals surface area contributed by atoms with Crippen LogP contribution in [-0.2, 0) is 5.88 Å². The molecule has 6 heteroatoms. The second-order valence-electron chi connectivity index (χ2n) is 4.16. The largest absolute Gasteiger partial charge is 0.434 e. The van der Waals surface area contributed by atoms with E-state index in [0.29, 0.717) is 11.6 Å². The Balaban J connectivity index is 2.20. The van der Waals surface area contributed by atoms with Gasteiger partial charge in [-0.25, -0.2) is 0 Å². The summed E-state index contributed by atoms with van der Waals surface area (Å²) in [6, 6.07) is 12.8. The van der Waals surface area contributed by atoms with Gasteiger partial charge in [-0.15, -0.1) is 11.6 Å². The zero-order valence-electron chi connectivity index (χ0n) is 10.9. The molecule has 0 aliphatic heterocycles. The number of carbonyl (C=O) groups excluding carboxylic acids is 1. The Bertz CT molecular complexity index is 635. The van der Waals surface area contributed by atoms with Gasteiger partial charge in [0, 0.05) is 11.6 Å². The number of carbonyl (C=O) groups is 1. The van der Waals surface area contributed by atoms with E-state index in [9.17, 15) is 13.6 Å². The van der Waals surface area contributed by atoms with Gasteiger partial charge in [-0.1, -0.05) is 24.3 Å². The Morgan fingerprint density at radius 3 is 2.67 bits per heavy atom. The standard InChI is InChI=1S/C15H12ClF2NO2/c16-9-10-4-3-5-11(8-10)19-14(20)12-6-1-2-7-13(12)21-15(17)18/h1-8,15H,9H2,(H,19,20). The van der Waals surface area contributed by atoms with Crippen molar-refractivity contribution in [3.05, 3.63) is 59.7 Å². The SMILES string of the molecule is O=C(Nc1cccc(CCl)c1)c1ccccc1OC(F)F. The maximum Gasteiger partial charge on any atom is 0.387 e. The molecule has 0 bridgehead atoms. The Morgan fingerprint density at radius 1 is 1.19 bits per heavy atom. The molecule has 0 fully saturated rings. The number of hydrogen-bond acceptors (Lipinski definition) is 2. The zero-order chi connectivity index (χ0) is 15.2. The smallest absolute Gasteiger partial charge is 0.387 e. The van der Waals surface area contributed by atoms with Crippen molar-refractivity contribution in [1.29, 1.82) is 0 Å². The van der Waals surface area contributed by atoms with Crippen molar-refractivity contribution in [2.24, 2.45) is 0 Å². The van der Waals surface area contributed by atoms with E-state index in [0.717, 1.165) is 5.56 Å². The molecule has 0 saturated heterocycles. The molecule has 1 amide bonds. The maximum atomic E-state index is 12.3. The van der Waals surface area contributed by atoms with Crippen molar-refractivity contribution in [1.82, 2.24) is 0 Å². The molecule has 110 valence electrons. The van der Waals surface area contributed by atoms with E-state index in [1.165, 1.54) is 18.2 Å². The maximum absolute atomic E-state index is 12.3. The molecule has 21 heavy (non-hydrogen) atoms. The first-order chi connectivity index (χ1) is 10.1. The summed E-state index contributed by atoms with van der Waals surface area (Å²) in [5.74, 6) is -0.383. The van der Waals surface area contributed by atoms with Gasteiger partial charge in [-0.3, -0.25) is 4.79 Å². The third-order valence-corrected chi connectivity index (χ3v) is 3.00. The molecule has 2 aromatic carbocycles. The summed E-state index contributed by atoms with van der Waals surface area (Å²) in [5, 5.41) is 2.62. The second-order valence-corrected chi connectivity index (χ2v) is 4.43. The van der Waals surface area contributed by atoms with Crippen LogP contribution in [0.1, 0.15) is 15.9 Å². The van der Waals surface area contributed by atoms with E-state index >= 15 is 0 Å². The minimum absolute atomic E-state index is 0.0362. The third kappa shape index (κ3) is 4.16. The molecule has 0 spiro atoms. The minimum atomic E-state index is -2.99. The highest BCUT2D eigenvalue weighted by Crippen LogP contribution is 2.22. The minimum Gasteiger partial charge on any atom is -0.434 e. The Labute approximate surface area is 125 Å². The summed E-state index contributed by atoms with van der Waals surface area (Å²) in [7, 11) is 0. The van der Waals surface area contributed by atoms with E-state index in [1.807, 2.05) is 6.07 Å². The number of amides is 1. The lowest BCUT2D eigenvalue weighted by Gasteiger charge is -2.11. The van der Waals surface area contributed by atoms with Crippen LogP contribution in [0.5, 0.6) is 5.75 Å². The van der Waals surface area contributed by atoms with Gasteiger partial charge < -0.3 is 10.1 Å². The van der Waals surface area contributed by atoms with Gasteiger partial charge >= 0.3 is 6.61 Å². The monoisotopic (exact) mass is 311 g/mol. The summed E-state index contributed by atoms with van der Waals surface area (Å²) >= 11 is 5.72. The van der Waals surface area contributed by atoms with Crippen LogP contribution in [0.4, 0.5) is 14.5 Å². The molecule has 0 heterocycles. The van der Waals surface area contributed by atoms with Crippen LogP contribution in [0.25, 0.3) is 0 Å². The summed E-state index contributed by atoms with van der Waals surface area (Å²) in [4.78, 5) is 12.1. The lowest BCUT2D eigenvalue weighted by atomic mass is 10.1. The first-order valence-electron chi connectivity index (χ1n) is 6.10. The van der Waals surface area contributed by atoms with Gasteiger partial charge in [0.1, 0.15) is 5.75 Å². The fourth-order valence-corrected chi connectivity index (χ4v) is 1.95. The van der Waals surface area contributed by atoms with Gasteiger partial charge in [0.2, 0.25) is 0 Å². The molecular formula is C15H12ClF2NO2. The van der Waals surface area contributed by atoms with Gasteiger partial charge in [0.05, 0.1) is 5.56 Å². The van der Waals surface area contributed by atoms with Crippen molar-refractivity contribution in [3.8, 4) is 5.75 Å². The predicted molar refractivity (Wildman–Crippen MR) is 77.0 cm³/mol. The highest BCUT2D eigenvalue weighted by molar-refractivity contribution is 6.17. The molecule has 2 aromatic rings. The number of hydrogen-bond donors (Lipinski definition) is 1. The summed E-state index contributed by atoms with van der Waals surface area (Å²) in [6.45, 7) is -2.99.